The molecule has 0 saturated carbocycles. The highest BCUT2D eigenvalue weighted by atomic mass is 16.3. The number of piperidine rings is 1. The fourth-order valence-electron chi connectivity index (χ4n) is 3.61. The zero-order valence-corrected chi connectivity index (χ0v) is 16.8. The minimum atomic E-state index is -0.628. The summed E-state index contributed by atoms with van der Waals surface area (Å²) >= 11 is 0. The number of nitrogens with zero attached hydrogens (tertiary/aromatic N) is 1. The van der Waals surface area contributed by atoms with E-state index >= 15 is 0 Å². The maximum Gasteiger partial charge on any atom is 0.289 e. The number of furan rings is 1. The third-order valence-corrected chi connectivity index (χ3v) is 5.08. The summed E-state index contributed by atoms with van der Waals surface area (Å²) < 4.78 is 5.17. The van der Waals surface area contributed by atoms with Gasteiger partial charge in [-0.2, -0.15) is 0 Å². The number of aryl methyl sites for hydroxylation is 1. The van der Waals surface area contributed by atoms with Crippen LogP contribution in [0.2, 0.25) is 0 Å². The van der Waals surface area contributed by atoms with Gasteiger partial charge >= 0.3 is 0 Å². The quantitative estimate of drug-likeness (QED) is 0.781. The Morgan fingerprint density at radius 2 is 1.93 bits per heavy atom. The summed E-state index contributed by atoms with van der Waals surface area (Å²) in [5.74, 6) is -0.235. The van der Waals surface area contributed by atoms with Crippen molar-refractivity contribution >= 4 is 17.7 Å². The van der Waals surface area contributed by atoms with Crippen LogP contribution in [0.5, 0.6) is 0 Å². The van der Waals surface area contributed by atoms with Crippen molar-refractivity contribution < 1.29 is 18.8 Å². The Balaban J connectivity index is 1.55. The molecule has 1 unspecified atom stereocenters. The van der Waals surface area contributed by atoms with Gasteiger partial charge in [-0.05, 0) is 37.5 Å². The molecule has 0 aliphatic carbocycles. The van der Waals surface area contributed by atoms with Gasteiger partial charge in [0.1, 0.15) is 6.04 Å². The number of carbonyl (C=O) groups excluding carboxylic acids is 3. The van der Waals surface area contributed by atoms with Gasteiger partial charge in [0, 0.05) is 32.5 Å². The number of likely N-dealkylation sites (tertiary alicyclic amines) is 1. The van der Waals surface area contributed by atoms with Crippen LogP contribution in [-0.2, 0) is 16.0 Å². The number of nitrogens with one attached hydrogen (secondary N) is 2. The van der Waals surface area contributed by atoms with Crippen LogP contribution >= 0.6 is 0 Å². The molecule has 1 saturated heterocycles. The largest absolute Gasteiger partial charge is 0.459 e. The Hall–Kier alpha value is -3.09. The molecular weight excluding hydrogens is 370 g/mol. The molecule has 2 heterocycles. The van der Waals surface area contributed by atoms with Gasteiger partial charge in [0.05, 0.1) is 6.26 Å². The summed E-state index contributed by atoms with van der Waals surface area (Å²) in [5.41, 5.74) is 2.11. The second kappa shape index (κ2) is 9.41. The Morgan fingerprint density at radius 3 is 2.55 bits per heavy atom. The van der Waals surface area contributed by atoms with Crippen molar-refractivity contribution in [2.45, 2.75) is 45.2 Å². The van der Waals surface area contributed by atoms with Gasteiger partial charge in [0.15, 0.2) is 5.76 Å². The molecule has 2 aromatic rings. The summed E-state index contributed by atoms with van der Waals surface area (Å²) in [7, 11) is 0. The summed E-state index contributed by atoms with van der Waals surface area (Å²) in [6.07, 6.45) is 3.24. The maximum absolute atomic E-state index is 12.8. The molecule has 1 atom stereocenters. The molecule has 0 bridgehead atoms. The van der Waals surface area contributed by atoms with Crippen LogP contribution < -0.4 is 10.6 Å². The number of rotatable bonds is 6. The molecule has 7 heteroatoms. The normalized spacial score (nSPS) is 15.6. The van der Waals surface area contributed by atoms with Gasteiger partial charge < -0.3 is 20.0 Å². The third kappa shape index (κ3) is 5.70. The highest BCUT2D eigenvalue weighted by molar-refractivity contribution is 5.91. The SMILES string of the molecule is CC(=O)NC(Cc1cccc(C)c1)C(=O)NC1CCN(C(=O)c2ccco2)CC1. The van der Waals surface area contributed by atoms with Crippen molar-refractivity contribution in [3.8, 4) is 0 Å². The minimum Gasteiger partial charge on any atom is -0.459 e. The number of carbonyl (C=O) groups is 3. The van der Waals surface area contributed by atoms with Crippen molar-refractivity contribution in [3.05, 3.63) is 59.5 Å². The summed E-state index contributed by atoms with van der Waals surface area (Å²) in [4.78, 5) is 38.5. The molecule has 0 spiro atoms. The highest BCUT2D eigenvalue weighted by Gasteiger charge is 2.28. The van der Waals surface area contributed by atoms with Crippen LogP contribution in [0.15, 0.2) is 47.1 Å². The topological polar surface area (TPSA) is 91.7 Å². The lowest BCUT2D eigenvalue weighted by atomic mass is 10.0. The predicted molar refractivity (Wildman–Crippen MR) is 108 cm³/mol. The van der Waals surface area contributed by atoms with Gasteiger partial charge in [-0.1, -0.05) is 29.8 Å². The standard InChI is InChI=1S/C22H27N3O4/c1-15-5-3-6-17(13-15)14-19(23-16(2)26)21(27)24-18-8-10-25(11-9-18)22(28)20-7-4-12-29-20/h3-7,12-13,18-19H,8-11,14H2,1-2H3,(H,23,26)(H,24,27). The van der Waals surface area contributed by atoms with Gasteiger partial charge in [-0.3, -0.25) is 14.4 Å². The van der Waals surface area contributed by atoms with E-state index in [2.05, 4.69) is 10.6 Å². The second-order valence-electron chi connectivity index (χ2n) is 7.50. The van der Waals surface area contributed by atoms with Gasteiger partial charge in [0.25, 0.3) is 5.91 Å². The van der Waals surface area contributed by atoms with Crippen LogP contribution in [0.25, 0.3) is 0 Å². The second-order valence-corrected chi connectivity index (χ2v) is 7.50. The lowest BCUT2D eigenvalue weighted by Gasteiger charge is -2.32. The van der Waals surface area contributed by atoms with Crippen molar-refractivity contribution in [2.75, 3.05) is 13.1 Å². The molecular formula is C22H27N3O4. The summed E-state index contributed by atoms with van der Waals surface area (Å²) in [5, 5.41) is 5.79. The number of benzene rings is 1. The highest BCUT2D eigenvalue weighted by Crippen LogP contribution is 2.15. The van der Waals surface area contributed by atoms with Gasteiger partial charge in [0.2, 0.25) is 11.8 Å². The summed E-state index contributed by atoms with van der Waals surface area (Å²) in [6.45, 7) is 4.50. The van der Waals surface area contributed by atoms with E-state index in [0.717, 1.165) is 11.1 Å². The summed E-state index contributed by atoms with van der Waals surface area (Å²) in [6, 6.07) is 10.6. The number of hydrogen-bond donors (Lipinski definition) is 2. The van der Waals surface area contributed by atoms with Gasteiger partial charge in [-0.25, -0.2) is 0 Å². The van der Waals surface area contributed by atoms with Crippen molar-refractivity contribution in [3.63, 3.8) is 0 Å². The fraction of sp³-hybridized carbons (Fsp3) is 0.409. The molecule has 1 aliphatic heterocycles. The van der Waals surface area contributed by atoms with E-state index in [-0.39, 0.29) is 23.8 Å². The average Bonchev–Trinajstić information content (AvgIpc) is 3.22. The van der Waals surface area contributed by atoms with E-state index in [9.17, 15) is 14.4 Å². The minimum absolute atomic E-state index is 0.0306. The van der Waals surface area contributed by atoms with Crippen LogP contribution in [0.3, 0.4) is 0 Å². The first-order chi connectivity index (χ1) is 13.9. The number of hydrogen-bond acceptors (Lipinski definition) is 4. The molecule has 1 aromatic heterocycles. The smallest absolute Gasteiger partial charge is 0.289 e. The first-order valence-electron chi connectivity index (χ1n) is 9.88. The van der Waals surface area contributed by atoms with Crippen molar-refractivity contribution in [2.24, 2.45) is 0 Å². The van der Waals surface area contributed by atoms with Crippen molar-refractivity contribution in [1.82, 2.24) is 15.5 Å². The predicted octanol–water partition coefficient (Wildman–Crippen LogP) is 2.06. The molecule has 3 amide bonds. The molecule has 1 aromatic carbocycles. The molecule has 0 radical (unpaired) electrons. The molecule has 3 rings (SSSR count). The Bertz CT molecular complexity index is 855. The van der Waals surface area contributed by atoms with Gasteiger partial charge in [-0.15, -0.1) is 0 Å². The zero-order valence-electron chi connectivity index (χ0n) is 16.8. The molecule has 154 valence electrons. The Labute approximate surface area is 170 Å². The van der Waals surface area contributed by atoms with E-state index in [1.165, 1.54) is 13.2 Å². The molecule has 1 fully saturated rings. The van der Waals surface area contributed by atoms with E-state index in [1.54, 1.807) is 17.0 Å². The fourth-order valence-corrected chi connectivity index (χ4v) is 3.61. The van der Waals surface area contributed by atoms with Crippen LogP contribution in [0.1, 0.15) is 41.4 Å². The van der Waals surface area contributed by atoms with E-state index < -0.39 is 6.04 Å². The van der Waals surface area contributed by atoms with Crippen LogP contribution in [0, 0.1) is 6.92 Å². The molecule has 29 heavy (non-hydrogen) atoms. The lowest BCUT2D eigenvalue weighted by molar-refractivity contribution is -0.128. The Kier molecular flexibility index (Phi) is 6.69. The third-order valence-electron chi connectivity index (χ3n) is 5.08. The van der Waals surface area contributed by atoms with Crippen molar-refractivity contribution in [1.29, 1.82) is 0 Å². The molecule has 1 aliphatic rings. The number of amides is 3. The Morgan fingerprint density at radius 1 is 1.17 bits per heavy atom. The van der Waals surface area contributed by atoms with E-state index in [4.69, 9.17) is 4.42 Å². The average molecular weight is 397 g/mol. The van der Waals surface area contributed by atoms with E-state index in [0.29, 0.717) is 38.1 Å². The first-order valence-corrected chi connectivity index (χ1v) is 9.88. The zero-order chi connectivity index (χ0) is 20.8. The van der Waals surface area contributed by atoms with Crippen LogP contribution in [-0.4, -0.2) is 47.8 Å². The maximum atomic E-state index is 12.8. The lowest BCUT2D eigenvalue weighted by Crippen LogP contribution is -2.53. The van der Waals surface area contributed by atoms with Crippen LogP contribution in [0.4, 0.5) is 0 Å². The monoisotopic (exact) mass is 397 g/mol. The molecule has 2 N–H and O–H groups in total. The first kappa shape index (κ1) is 20.6. The van der Waals surface area contributed by atoms with E-state index in [1.807, 2.05) is 31.2 Å². The molecule has 7 nitrogen and oxygen atoms in total.